The zero-order valence-electron chi connectivity index (χ0n) is 18.2. The molecule has 11 nitrogen and oxygen atoms in total. The molecule has 0 aliphatic rings. The number of imidazole rings is 1. The molecular weight excluding hydrogens is 422 g/mol. The standard InChI is InChI=1S/C22H21N9O2/c1-12-26-18-19(27-12)29-22(33-16-7-5-4-6-14(16)28-21(24)25)30-20(18)32-17-10-13(11-23)8-9-15(17)31(2)3/h4-10H,1-3H3,(H4,24,25,28)(H,26,27,29,30). The number of hydrogen-bond donors (Lipinski definition) is 4. The number of aromatic amines is 1. The van der Waals surface area contributed by atoms with Crippen LogP contribution in [0, 0.1) is 23.7 Å². The van der Waals surface area contributed by atoms with Crippen LogP contribution in [0.2, 0.25) is 0 Å². The van der Waals surface area contributed by atoms with Crippen LogP contribution >= 0.6 is 0 Å². The zero-order chi connectivity index (χ0) is 23.5. The Morgan fingerprint density at radius 2 is 1.91 bits per heavy atom. The molecule has 11 heteroatoms. The minimum Gasteiger partial charge on any atom is -0.435 e. The lowest BCUT2D eigenvalue weighted by atomic mass is 10.2. The SMILES string of the molecule is Cc1nc2c(Oc3cc(C#N)ccc3N(C)C)nc(Oc3ccccc3NC(=N)N)nc2[nH]1. The fourth-order valence-electron chi connectivity index (χ4n) is 3.13. The van der Waals surface area contributed by atoms with Gasteiger partial charge in [-0.3, -0.25) is 5.41 Å². The van der Waals surface area contributed by atoms with E-state index in [-0.39, 0.29) is 17.9 Å². The normalized spacial score (nSPS) is 10.5. The molecule has 2 aromatic carbocycles. The molecule has 0 radical (unpaired) electrons. The second-order valence-electron chi connectivity index (χ2n) is 7.26. The Kier molecular flexibility index (Phi) is 5.65. The summed E-state index contributed by atoms with van der Waals surface area (Å²) >= 11 is 0. The number of nitrogens with zero attached hydrogens (tertiary/aromatic N) is 5. The highest BCUT2D eigenvalue weighted by atomic mass is 16.5. The summed E-state index contributed by atoms with van der Waals surface area (Å²) in [4.78, 5) is 18.2. The van der Waals surface area contributed by atoms with Gasteiger partial charge in [-0.1, -0.05) is 12.1 Å². The fourth-order valence-corrected chi connectivity index (χ4v) is 3.13. The number of para-hydroxylation sites is 2. The van der Waals surface area contributed by atoms with E-state index in [0.29, 0.717) is 39.7 Å². The maximum Gasteiger partial charge on any atom is 0.327 e. The Bertz CT molecular complexity index is 1390. The molecule has 0 amide bonds. The first-order chi connectivity index (χ1) is 15.8. The fraction of sp³-hybridized carbons (Fsp3) is 0.136. The lowest BCUT2D eigenvalue weighted by Crippen LogP contribution is -2.20. The number of guanidine groups is 1. The molecule has 0 aliphatic heterocycles. The van der Waals surface area contributed by atoms with Crippen LogP contribution in [0.4, 0.5) is 11.4 Å². The Hall–Kier alpha value is -4.85. The molecule has 0 aliphatic carbocycles. The van der Waals surface area contributed by atoms with Gasteiger partial charge in [-0.25, -0.2) is 4.98 Å². The van der Waals surface area contributed by atoms with Crippen molar-refractivity contribution in [2.24, 2.45) is 5.73 Å². The first kappa shape index (κ1) is 21.4. The number of hydrogen-bond acceptors (Lipinski definition) is 8. The Morgan fingerprint density at radius 1 is 1.12 bits per heavy atom. The lowest BCUT2D eigenvalue weighted by Gasteiger charge is -2.17. The molecule has 166 valence electrons. The van der Waals surface area contributed by atoms with E-state index in [4.69, 9.17) is 20.6 Å². The molecule has 0 unspecified atom stereocenters. The molecule has 0 atom stereocenters. The average Bonchev–Trinajstić information content (AvgIpc) is 3.15. The van der Waals surface area contributed by atoms with Crippen molar-refractivity contribution in [3.63, 3.8) is 0 Å². The van der Waals surface area contributed by atoms with Gasteiger partial charge in [-0.2, -0.15) is 15.2 Å². The van der Waals surface area contributed by atoms with E-state index < -0.39 is 0 Å². The number of benzene rings is 2. The van der Waals surface area contributed by atoms with Crippen LogP contribution in [-0.2, 0) is 0 Å². The number of H-pyrrole nitrogens is 1. The van der Waals surface area contributed by atoms with Crippen LogP contribution in [0.25, 0.3) is 11.2 Å². The lowest BCUT2D eigenvalue weighted by molar-refractivity contribution is 0.418. The zero-order valence-corrected chi connectivity index (χ0v) is 18.2. The van der Waals surface area contributed by atoms with Crippen LogP contribution < -0.4 is 25.4 Å². The van der Waals surface area contributed by atoms with E-state index in [9.17, 15) is 5.26 Å². The minimum atomic E-state index is -0.232. The van der Waals surface area contributed by atoms with Crippen molar-refractivity contribution >= 4 is 28.5 Å². The number of anilines is 2. The number of nitrogens with two attached hydrogens (primary N) is 1. The van der Waals surface area contributed by atoms with Crippen LogP contribution in [0.15, 0.2) is 42.5 Å². The van der Waals surface area contributed by atoms with Gasteiger partial charge >= 0.3 is 6.01 Å². The molecule has 0 bridgehead atoms. The van der Waals surface area contributed by atoms with Crippen molar-refractivity contribution in [3.05, 3.63) is 53.9 Å². The Labute approximate surface area is 189 Å². The Balaban J connectivity index is 1.78. The van der Waals surface area contributed by atoms with Gasteiger partial charge in [0.15, 0.2) is 28.6 Å². The monoisotopic (exact) mass is 443 g/mol. The summed E-state index contributed by atoms with van der Waals surface area (Å²) in [5.41, 5.74) is 7.98. The molecule has 0 saturated carbocycles. The summed E-state index contributed by atoms with van der Waals surface area (Å²) in [6.45, 7) is 1.79. The van der Waals surface area contributed by atoms with Gasteiger partial charge in [0.25, 0.3) is 5.88 Å². The predicted octanol–water partition coefficient (Wildman–Crippen LogP) is 3.49. The van der Waals surface area contributed by atoms with E-state index >= 15 is 0 Å². The smallest absolute Gasteiger partial charge is 0.327 e. The molecular formula is C22H21N9O2. The third kappa shape index (κ3) is 4.59. The van der Waals surface area contributed by atoms with Crippen molar-refractivity contribution < 1.29 is 9.47 Å². The highest BCUT2D eigenvalue weighted by Crippen LogP contribution is 2.36. The van der Waals surface area contributed by atoms with E-state index in [0.717, 1.165) is 5.69 Å². The van der Waals surface area contributed by atoms with Gasteiger partial charge in [-0.05, 0) is 31.2 Å². The van der Waals surface area contributed by atoms with Crippen molar-refractivity contribution in [3.8, 4) is 29.5 Å². The van der Waals surface area contributed by atoms with Gasteiger partial charge in [0.05, 0.1) is 23.0 Å². The molecule has 4 rings (SSSR count). The number of fused-ring (bicyclic) bond motifs is 1. The first-order valence-corrected chi connectivity index (χ1v) is 9.85. The number of nitriles is 1. The summed E-state index contributed by atoms with van der Waals surface area (Å²) in [6.07, 6.45) is 0. The molecule has 5 N–H and O–H groups in total. The summed E-state index contributed by atoms with van der Waals surface area (Å²) in [5, 5.41) is 19.5. The molecule has 4 aromatic rings. The summed E-state index contributed by atoms with van der Waals surface area (Å²) in [5.74, 6) is 1.36. The number of rotatable bonds is 6. The van der Waals surface area contributed by atoms with Gasteiger partial charge in [0.1, 0.15) is 5.82 Å². The number of aromatic nitrogens is 4. The third-order valence-corrected chi connectivity index (χ3v) is 4.55. The molecule has 33 heavy (non-hydrogen) atoms. The molecule has 0 fully saturated rings. The van der Waals surface area contributed by atoms with E-state index in [1.807, 2.05) is 19.0 Å². The number of aryl methyl sites for hydroxylation is 1. The summed E-state index contributed by atoms with van der Waals surface area (Å²) in [7, 11) is 3.74. The minimum absolute atomic E-state index is 0.00166. The van der Waals surface area contributed by atoms with Crippen LogP contribution in [0.5, 0.6) is 23.4 Å². The van der Waals surface area contributed by atoms with Gasteiger partial charge in [0, 0.05) is 20.2 Å². The van der Waals surface area contributed by atoms with Crippen molar-refractivity contribution in [1.29, 1.82) is 10.7 Å². The maximum absolute atomic E-state index is 9.32. The highest BCUT2D eigenvalue weighted by Gasteiger charge is 2.18. The molecule has 2 aromatic heterocycles. The van der Waals surface area contributed by atoms with Crippen molar-refractivity contribution in [1.82, 2.24) is 19.9 Å². The Morgan fingerprint density at radius 3 is 2.64 bits per heavy atom. The largest absolute Gasteiger partial charge is 0.435 e. The first-order valence-electron chi connectivity index (χ1n) is 9.85. The summed E-state index contributed by atoms with van der Waals surface area (Å²) in [6, 6.07) is 14.2. The van der Waals surface area contributed by atoms with Crippen LogP contribution in [-0.4, -0.2) is 40.0 Å². The van der Waals surface area contributed by atoms with Crippen molar-refractivity contribution in [2.75, 3.05) is 24.3 Å². The van der Waals surface area contributed by atoms with Gasteiger partial charge < -0.3 is 30.4 Å². The molecule has 0 spiro atoms. The second-order valence-corrected chi connectivity index (χ2v) is 7.26. The third-order valence-electron chi connectivity index (χ3n) is 4.55. The van der Waals surface area contributed by atoms with Crippen LogP contribution in [0.3, 0.4) is 0 Å². The predicted molar refractivity (Wildman–Crippen MR) is 124 cm³/mol. The van der Waals surface area contributed by atoms with Gasteiger partial charge in [0.2, 0.25) is 0 Å². The number of ether oxygens (including phenoxy) is 2. The molecule has 2 heterocycles. The van der Waals surface area contributed by atoms with Crippen molar-refractivity contribution in [2.45, 2.75) is 6.92 Å². The second kappa shape index (κ2) is 8.72. The number of nitrogens with one attached hydrogen (secondary N) is 3. The van der Waals surface area contributed by atoms with Crippen LogP contribution in [0.1, 0.15) is 11.4 Å². The van der Waals surface area contributed by atoms with Gasteiger partial charge in [-0.15, -0.1) is 0 Å². The maximum atomic E-state index is 9.32. The quantitative estimate of drug-likeness (QED) is 0.258. The van der Waals surface area contributed by atoms with E-state index in [1.54, 1.807) is 49.4 Å². The molecule has 0 saturated heterocycles. The van der Waals surface area contributed by atoms with E-state index in [1.165, 1.54) is 0 Å². The average molecular weight is 443 g/mol. The summed E-state index contributed by atoms with van der Waals surface area (Å²) < 4.78 is 12.0. The highest BCUT2D eigenvalue weighted by molar-refractivity contribution is 5.91. The van der Waals surface area contributed by atoms with E-state index in [2.05, 4.69) is 31.3 Å². The topological polar surface area (TPSA) is 162 Å².